The highest BCUT2D eigenvalue weighted by molar-refractivity contribution is 6.17. The van der Waals surface area contributed by atoms with Gasteiger partial charge in [0, 0.05) is 11.9 Å². The second-order valence-corrected chi connectivity index (χ2v) is 4.51. The molecule has 0 aliphatic rings. The Hall–Kier alpha value is -1.22. The summed E-state index contributed by atoms with van der Waals surface area (Å²) in [6.45, 7) is 4.43. The molecule has 18 heavy (non-hydrogen) atoms. The quantitative estimate of drug-likeness (QED) is 0.772. The van der Waals surface area contributed by atoms with E-state index in [0.29, 0.717) is 23.8 Å². The minimum absolute atomic E-state index is 0.0962. The normalized spacial score (nSPS) is 11.9. The van der Waals surface area contributed by atoms with Gasteiger partial charge in [0.15, 0.2) is 0 Å². The van der Waals surface area contributed by atoms with Gasteiger partial charge in [-0.1, -0.05) is 12.1 Å². The predicted molar refractivity (Wildman–Crippen MR) is 74.5 cm³/mol. The van der Waals surface area contributed by atoms with Crippen LogP contribution in [0.25, 0.3) is 0 Å². The van der Waals surface area contributed by atoms with E-state index in [1.54, 1.807) is 6.07 Å². The minimum atomic E-state index is -0.0962. The first-order valence-corrected chi connectivity index (χ1v) is 6.81. The summed E-state index contributed by atoms with van der Waals surface area (Å²) in [5, 5.41) is 2.95. The molecule has 0 aliphatic carbocycles. The average molecular weight is 270 g/mol. The van der Waals surface area contributed by atoms with Gasteiger partial charge in [-0.05, 0) is 38.8 Å². The van der Waals surface area contributed by atoms with Gasteiger partial charge in [-0.3, -0.25) is 4.79 Å². The molecule has 4 heteroatoms. The lowest BCUT2D eigenvalue weighted by molar-refractivity contribution is 0.0934. The second kappa shape index (κ2) is 7.98. The van der Waals surface area contributed by atoms with Crippen LogP contribution < -0.4 is 10.1 Å². The Labute approximate surface area is 113 Å². The lowest BCUT2D eigenvalue weighted by atomic mass is 10.1. The molecule has 1 aromatic rings. The maximum atomic E-state index is 12.1. The van der Waals surface area contributed by atoms with Crippen LogP contribution in [0.2, 0.25) is 0 Å². The zero-order chi connectivity index (χ0) is 13.4. The molecule has 0 saturated heterocycles. The van der Waals surface area contributed by atoms with Crippen LogP contribution in [0.3, 0.4) is 0 Å². The Morgan fingerprint density at radius 2 is 2.17 bits per heavy atom. The fourth-order valence-electron chi connectivity index (χ4n) is 1.69. The van der Waals surface area contributed by atoms with Crippen molar-refractivity contribution in [2.24, 2.45) is 0 Å². The number of hydrogen-bond donors (Lipinski definition) is 1. The van der Waals surface area contributed by atoms with E-state index in [4.69, 9.17) is 16.3 Å². The molecule has 1 aromatic carbocycles. The Balaban J connectivity index is 2.65. The minimum Gasteiger partial charge on any atom is -0.493 e. The number of nitrogens with one attached hydrogen (secondary N) is 1. The van der Waals surface area contributed by atoms with Gasteiger partial charge >= 0.3 is 0 Å². The van der Waals surface area contributed by atoms with Crippen LogP contribution in [0.5, 0.6) is 5.75 Å². The molecule has 3 nitrogen and oxygen atoms in total. The summed E-state index contributed by atoms with van der Waals surface area (Å²) in [4.78, 5) is 12.1. The highest BCUT2D eigenvalue weighted by Gasteiger charge is 2.13. The fourth-order valence-corrected chi connectivity index (χ4v) is 1.85. The number of carbonyl (C=O) groups excluding carboxylic acids is 1. The third-order valence-corrected chi connectivity index (χ3v) is 2.85. The highest BCUT2D eigenvalue weighted by atomic mass is 35.5. The zero-order valence-electron chi connectivity index (χ0n) is 10.9. The lowest BCUT2D eigenvalue weighted by Gasteiger charge is -2.15. The van der Waals surface area contributed by atoms with Crippen molar-refractivity contribution in [3.05, 3.63) is 29.8 Å². The number of carbonyl (C=O) groups is 1. The van der Waals surface area contributed by atoms with Crippen molar-refractivity contribution in [1.29, 1.82) is 0 Å². The fraction of sp³-hybridized carbons (Fsp3) is 0.500. The van der Waals surface area contributed by atoms with E-state index in [1.807, 2.05) is 32.0 Å². The maximum Gasteiger partial charge on any atom is 0.255 e. The van der Waals surface area contributed by atoms with Crippen LogP contribution in [0.1, 0.15) is 37.0 Å². The summed E-state index contributed by atoms with van der Waals surface area (Å²) in [7, 11) is 0. The number of hydrogen-bond acceptors (Lipinski definition) is 2. The number of alkyl halides is 1. The maximum absolute atomic E-state index is 12.1. The van der Waals surface area contributed by atoms with Crippen molar-refractivity contribution < 1.29 is 9.53 Å². The molecule has 1 atom stereocenters. The molecule has 1 amide bonds. The number of para-hydroxylation sites is 1. The van der Waals surface area contributed by atoms with Crippen molar-refractivity contribution in [3.63, 3.8) is 0 Å². The van der Waals surface area contributed by atoms with Crippen LogP contribution in [-0.4, -0.2) is 24.4 Å². The molecule has 0 bridgehead atoms. The smallest absolute Gasteiger partial charge is 0.255 e. The van der Waals surface area contributed by atoms with Crippen molar-refractivity contribution >= 4 is 17.5 Å². The van der Waals surface area contributed by atoms with Gasteiger partial charge in [0.25, 0.3) is 5.91 Å². The molecule has 0 spiro atoms. The highest BCUT2D eigenvalue weighted by Crippen LogP contribution is 2.18. The van der Waals surface area contributed by atoms with Gasteiger partial charge in [0.1, 0.15) is 5.75 Å². The van der Waals surface area contributed by atoms with Gasteiger partial charge in [0.2, 0.25) is 0 Å². The predicted octanol–water partition coefficient (Wildman–Crippen LogP) is 3.22. The molecule has 1 unspecified atom stereocenters. The summed E-state index contributed by atoms with van der Waals surface area (Å²) < 4.78 is 5.44. The summed E-state index contributed by atoms with van der Waals surface area (Å²) in [6, 6.07) is 7.39. The Bertz CT molecular complexity index is 382. The molecule has 0 aliphatic heterocycles. The summed E-state index contributed by atoms with van der Waals surface area (Å²) in [5.41, 5.74) is 0.581. The SMILES string of the molecule is CCOc1ccccc1C(=O)NC(C)CCCCl. The first-order chi connectivity index (χ1) is 8.69. The van der Waals surface area contributed by atoms with E-state index in [0.717, 1.165) is 12.8 Å². The van der Waals surface area contributed by atoms with Gasteiger partial charge in [-0.25, -0.2) is 0 Å². The zero-order valence-corrected chi connectivity index (χ0v) is 11.7. The largest absolute Gasteiger partial charge is 0.493 e. The van der Waals surface area contributed by atoms with Crippen LogP contribution in [0.4, 0.5) is 0 Å². The second-order valence-electron chi connectivity index (χ2n) is 4.13. The summed E-state index contributed by atoms with van der Waals surface area (Å²) >= 11 is 5.63. The molecule has 0 radical (unpaired) electrons. The van der Waals surface area contributed by atoms with E-state index >= 15 is 0 Å². The van der Waals surface area contributed by atoms with Gasteiger partial charge in [-0.2, -0.15) is 0 Å². The van der Waals surface area contributed by atoms with E-state index in [-0.39, 0.29) is 11.9 Å². The number of rotatable bonds is 7. The monoisotopic (exact) mass is 269 g/mol. The van der Waals surface area contributed by atoms with Gasteiger partial charge in [-0.15, -0.1) is 11.6 Å². The summed E-state index contributed by atoms with van der Waals surface area (Å²) in [6.07, 6.45) is 1.78. The molecule has 0 fully saturated rings. The molecular formula is C14H20ClNO2. The van der Waals surface area contributed by atoms with Crippen LogP contribution in [0, 0.1) is 0 Å². The van der Waals surface area contributed by atoms with Crippen molar-refractivity contribution in [3.8, 4) is 5.75 Å². The standard InChI is InChI=1S/C14H20ClNO2/c1-3-18-13-9-5-4-8-12(13)14(17)16-11(2)7-6-10-15/h4-5,8-9,11H,3,6-7,10H2,1-2H3,(H,16,17). The van der Waals surface area contributed by atoms with E-state index in [1.165, 1.54) is 0 Å². The number of halogens is 1. The molecule has 0 heterocycles. The van der Waals surface area contributed by atoms with E-state index in [2.05, 4.69) is 5.32 Å². The van der Waals surface area contributed by atoms with Gasteiger partial charge < -0.3 is 10.1 Å². The molecule has 1 rings (SSSR count). The Kier molecular flexibility index (Phi) is 6.58. The number of ether oxygens (including phenoxy) is 1. The molecule has 1 N–H and O–H groups in total. The summed E-state index contributed by atoms with van der Waals surface area (Å²) in [5.74, 6) is 1.15. The Morgan fingerprint density at radius 1 is 1.44 bits per heavy atom. The van der Waals surface area contributed by atoms with Gasteiger partial charge in [0.05, 0.1) is 12.2 Å². The van der Waals surface area contributed by atoms with Crippen LogP contribution in [-0.2, 0) is 0 Å². The third-order valence-electron chi connectivity index (χ3n) is 2.58. The average Bonchev–Trinajstić information content (AvgIpc) is 2.37. The molecule has 0 aromatic heterocycles. The van der Waals surface area contributed by atoms with Crippen molar-refractivity contribution in [2.45, 2.75) is 32.7 Å². The first-order valence-electron chi connectivity index (χ1n) is 6.27. The van der Waals surface area contributed by atoms with Crippen LogP contribution in [0.15, 0.2) is 24.3 Å². The lowest BCUT2D eigenvalue weighted by Crippen LogP contribution is -2.32. The molecular weight excluding hydrogens is 250 g/mol. The van der Waals surface area contributed by atoms with E-state index in [9.17, 15) is 4.79 Å². The van der Waals surface area contributed by atoms with Crippen molar-refractivity contribution in [2.75, 3.05) is 12.5 Å². The van der Waals surface area contributed by atoms with E-state index < -0.39 is 0 Å². The van der Waals surface area contributed by atoms with Crippen molar-refractivity contribution in [1.82, 2.24) is 5.32 Å². The molecule has 100 valence electrons. The first kappa shape index (κ1) is 14.8. The Morgan fingerprint density at radius 3 is 2.83 bits per heavy atom. The topological polar surface area (TPSA) is 38.3 Å². The number of amides is 1. The number of benzene rings is 1. The third kappa shape index (κ3) is 4.57. The molecule has 0 saturated carbocycles. The van der Waals surface area contributed by atoms with Crippen LogP contribution >= 0.6 is 11.6 Å².